The van der Waals surface area contributed by atoms with Gasteiger partial charge in [0.1, 0.15) is 0 Å². The Balaban J connectivity index is 0.00000154. The molecule has 110 valence electrons. The smallest absolute Gasteiger partial charge is 0.0233 e. The van der Waals surface area contributed by atoms with Gasteiger partial charge < -0.3 is 0 Å². The molecule has 2 unspecified atom stereocenters. The Bertz CT molecular complexity index is 317. The van der Waals surface area contributed by atoms with Crippen LogP contribution in [0.4, 0.5) is 0 Å². The second-order valence-corrected chi connectivity index (χ2v) is 4.73. The molecule has 0 amide bonds. The van der Waals surface area contributed by atoms with Crippen LogP contribution in [0.2, 0.25) is 0 Å². The highest BCUT2D eigenvalue weighted by Gasteiger charge is 2.04. The minimum Gasteiger partial charge on any atom is -0.299 e. The molecule has 0 spiro atoms. The maximum atomic E-state index is 2.52. The van der Waals surface area contributed by atoms with Crippen LogP contribution in [-0.4, -0.2) is 18.0 Å². The van der Waals surface area contributed by atoms with Gasteiger partial charge in [-0.3, -0.25) is 4.90 Å². The van der Waals surface area contributed by atoms with E-state index in [0.717, 1.165) is 25.9 Å². The van der Waals surface area contributed by atoms with Crippen LogP contribution in [0.3, 0.4) is 0 Å². The largest absolute Gasteiger partial charge is 0.299 e. The van der Waals surface area contributed by atoms with Crippen molar-refractivity contribution < 1.29 is 0 Å². The van der Waals surface area contributed by atoms with Crippen LogP contribution in [0, 0.1) is 0 Å². The van der Waals surface area contributed by atoms with Gasteiger partial charge in [0.25, 0.3) is 0 Å². The molecule has 0 aliphatic heterocycles. The van der Waals surface area contributed by atoms with Gasteiger partial charge in [0.05, 0.1) is 0 Å². The van der Waals surface area contributed by atoms with Crippen molar-refractivity contribution in [3.63, 3.8) is 0 Å². The lowest BCUT2D eigenvalue weighted by Crippen LogP contribution is -2.23. The van der Waals surface area contributed by atoms with Crippen molar-refractivity contribution in [3.05, 3.63) is 34.9 Å². The zero-order valence-electron chi connectivity index (χ0n) is 13.1. The average Bonchev–Trinajstić information content (AvgIpc) is 2.48. The summed E-state index contributed by atoms with van der Waals surface area (Å²) in [6, 6.07) is 7.09. The van der Waals surface area contributed by atoms with E-state index in [1.54, 1.807) is 0 Å². The Morgan fingerprint density at radius 1 is 0.842 bits per heavy atom. The van der Waals surface area contributed by atoms with E-state index in [1.165, 1.54) is 29.7 Å². The van der Waals surface area contributed by atoms with E-state index in [4.69, 9.17) is 0 Å². The highest BCUT2D eigenvalue weighted by atomic mass is 32.0. The quantitative estimate of drug-likeness (QED) is 0.660. The third-order valence-electron chi connectivity index (χ3n) is 3.32. The van der Waals surface area contributed by atoms with E-state index in [2.05, 4.69) is 68.7 Å². The third kappa shape index (κ3) is 7.40. The van der Waals surface area contributed by atoms with Gasteiger partial charge in [-0.25, -0.2) is 0 Å². The summed E-state index contributed by atoms with van der Waals surface area (Å²) in [5.74, 6) is 0. The molecule has 3 heteroatoms. The van der Waals surface area contributed by atoms with Gasteiger partial charge in [0, 0.05) is 6.54 Å². The van der Waals surface area contributed by atoms with Crippen LogP contribution >= 0.6 is 17.9 Å². The first-order valence-corrected chi connectivity index (χ1v) is 10.1. The van der Waals surface area contributed by atoms with Crippen molar-refractivity contribution in [3.8, 4) is 0 Å². The number of rotatable bonds is 7. The first kappa shape index (κ1) is 19.0. The number of benzene rings is 1. The van der Waals surface area contributed by atoms with Crippen molar-refractivity contribution in [2.24, 2.45) is 0 Å². The summed E-state index contributed by atoms with van der Waals surface area (Å²) in [6.45, 7) is 12.4. The molecule has 1 nitrogen and oxygen atoms in total. The monoisotopic (exact) mass is 299 g/mol. The van der Waals surface area contributed by atoms with Gasteiger partial charge in [0.15, 0.2) is 0 Å². The summed E-state index contributed by atoms with van der Waals surface area (Å²) in [6.07, 6.45) is 3.52. The molecule has 0 aromatic heterocycles. The molecule has 1 aromatic rings. The molecular weight excluding hydrogens is 268 g/mol. The van der Waals surface area contributed by atoms with Crippen LogP contribution in [0.25, 0.3) is 0 Å². The minimum atomic E-state index is 1.10. The lowest BCUT2D eigenvalue weighted by molar-refractivity contribution is 0.280. The molecule has 0 saturated heterocycles. The molecule has 1 aromatic carbocycles. The zero-order valence-corrected chi connectivity index (χ0v) is 15.4. The van der Waals surface area contributed by atoms with Crippen LogP contribution in [0.1, 0.15) is 50.8 Å². The van der Waals surface area contributed by atoms with Crippen molar-refractivity contribution in [2.45, 2.75) is 53.5 Å². The van der Waals surface area contributed by atoms with Gasteiger partial charge >= 0.3 is 0 Å². The van der Waals surface area contributed by atoms with E-state index >= 15 is 0 Å². The van der Waals surface area contributed by atoms with E-state index in [0.29, 0.717) is 0 Å². The Kier molecular flexibility index (Phi) is 11.9. The summed E-state index contributed by atoms with van der Waals surface area (Å²) in [7, 11) is 4.67. The van der Waals surface area contributed by atoms with Crippen molar-refractivity contribution in [1.29, 1.82) is 0 Å². The van der Waals surface area contributed by atoms with E-state index in [-0.39, 0.29) is 0 Å². The first-order chi connectivity index (χ1) is 9.23. The van der Waals surface area contributed by atoms with E-state index < -0.39 is 0 Å². The van der Waals surface area contributed by atoms with Gasteiger partial charge in [0.2, 0.25) is 0 Å². The fourth-order valence-electron chi connectivity index (χ4n) is 2.26. The molecule has 0 N–H and O–H groups in total. The standard InChI is InChI=1S/C16H27N.H4P2/c1-5-9-17(8-4)13-16-11-14(6-2)10-15(7-3)12-16;1-2/h10-12H,5-9,13H2,1-4H3;1-2H2. The SMILES string of the molecule is CCCN(CC)Cc1cc(CC)cc(CC)c1.PP. The molecule has 19 heavy (non-hydrogen) atoms. The molecule has 0 aliphatic carbocycles. The molecule has 0 radical (unpaired) electrons. The molecule has 0 aliphatic rings. The Hall–Kier alpha value is 0.0400. The predicted molar refractivity (Wildman–Crippen MR) is 95.9 cm³/mol. The number of hydrogen-bond acceptors (Lipinski definition) is 1. The van der Waals surface area contributed by atoms with Gasteiger partial charge in [-0.05, 0) is 49.0 Å². The zero-order chi connectivity index (χ0) is 14.7. The molecule has 0 saturated carbocycles. The highest BCUT2D eigenvalue weighted by molar-refractivity contribution is 7.92. The fourth-order valence-corrected chi connectivity index (χ4v) is 2.26. The highest BCUT2D eigenvalue weighted by Crippen LogP contribution is 2.14. The molecule has 1 rings (SSSR count). The summed E-state index contributed by atoms with van der Waals surface area (Å²) < 4.78 is 0. The molecule has 0 bridgehead atoms. The van der Waals surface area contributed by atoms with E-state index in [1.807, 2.05) is 0 Å². The number of nitrogens with zero attached hydrogens (tertiary/aromatic N) is 1. The van der Waals surface area contributed by atoms with Crippen LogP contribution in [0.15, 0.2) is 18.2 Å². The maximum Gasteiger partial charge on any atom is 0.0233 e. The van der Waals surface area contributed by atoms with Crippen LogP contribution in [-0.2, 0) is 19.4 Å². The normalized spacial score (nSPS) is 10.3. The van der Waals surface area contributed by atoms with Crippen LogP contribution in [0.5, 0.6) is 0 Å². The lowest BCUT2D eigenvalue weighted by atomic mass is 10.0. The molecule has 0 fully saturated rings. The Labute approximate surface area is 124 Å². The summed E-state index contributed by atoms with van der Waals surface area (Å²) in [5.41, 5.74) is 4.44. The summed E-state index contributed by atoms with van der Waals surface area (Å²) in [5, 5.41) is 0. The topological polar surface area (TPSA) is 3.24 Å². The average molecular weight is 299 g/mol. The Morgan fingerprint density at radius 2 is 1.32 bits per heavy atom. The van der Waals surface area contributed by atoms with Gasteiger partial charge in [-0.1, -0.05) is 45.9 Å². The second kappa shape index (κ2) is 11.8. The molecular formula is C16H31NP2. The fraction of sp³-hybridized carbons (Fsp3) is 0.625. The van der Waals surface area contributed by atoms with Crippen molar-refractivity contribution in [1.82, 2.24) is 4.90 Å². The van der Waals surface area contributed by atoms with Crippen molar-refractivity contribution in [2.75, 3.05) is 13.1 Å². The summed E-state index contributed by atoms with van der Waals surface area (Å²) in [4.78, 5) is 2.52. The van der Waals surface area contributed by atoms with Crippen molar-refractivity contribution >= 4 is 17.9 Å². The lowest BCUT2D eigenvalue weighted by Gasteiger charge is -2.20. The maximum absolute atomic E-state index is 2.52. The third-order valence-corrected chi connectivity index (χ3v) is 3.32. The van der Waals surface area contributed by atoms with E-state index in [9.17, 15) is 0 Å². The molecule has 0 heterocycles. The predicted octanol–water partition coefficient (Wildman–Crippen LogP) is 4.69. The molecule has 2 atom stereocenters. The Morgan fingerprint density at radius 3 is 1.68 bits per heavy atom. The first-order valence-electron chi connectivity index (χ1n) is 7.40. The number of aryl methyl sites for hydroxylation is 2. The number of hydrogen-bond donors (Lipinski definition) is 0. The summed E-state index contributed by atoms with van der Waals surface area (Å²) >= 11 is 0. The second-order valence-electron chi connectivity index (χ2n) is 4.73. The minimum absolute atomic E-state index is 1.10. The van der Waals surface area contributed by atoms with Gasteiger partial charge in [-0.2, -0.15) is 0 Å². The van der Waals surface area contributed by atoms with Crippen LogP contribution < -0.4 is 0 Å². The van der Waals surface area contributed by atoms with Gasteiger partial charge in [-0.15, -0.1) is 17.9 Å².